The van der Waals surface area contributed by atoms with Gasteiger partial charge in [-0.2, -0.15) is 0 Å². The van der Waals surface area contributed by atoms with Gasteiger partial charge in [0.05, 0.1) is 0 Å². The minimum absolute atomic E-state index is 0.148. The van der Waals surface area contributed by atoms with Crippen LogP contribution in [0.25, 0.3) is 0 Å². The number of nitrogens with zero attached hydrogens (tertiary/aromatic N) is 2. The van der Waals surface area contributed by atoms with Crippen molar-refractivity contribution in [3.8, 4) is 0 Å². The molecule has 1 aliphatic heterocycles. The Balaban J connectivity index is 1.79. The molecule has 0 bridgehead atoms. The van der Waals surface area contributed by atoms with E-state index >= 15 is 0 Å². The highest BCUT2D eigenvalue weighted by Gasteiger charge is 2.28. The molecule has 0 radical (unpaired) electrons. The van der Waals surface area contributed by atoms with Crippen LogP contribution >= 0.6 is 0 Å². The van der Waals surface area contributed by atoms with Crippen molar-refractivity contribution < 1.29 is 4.79 Å². The molecule has 1 saturated carbocycles. The molecule has 1 saturated heterocycles. The van der Waals surface area contributed by atoms with Gasteiger partial charge in [-0.25, -0.2) is 0 Å². The molecule has 1 atom stereocenters. The molecule has 0 aromatic carbocycles. The van der Waals surface area contributed by atoms with Gasteiger partial charge in [0.15, 0.2) is 0 Å². The SMILES string of the molecule is NC1CCN(C(=O)c2cccn2C2CCC2)C1. The Morgan fingerprint density at radius 2 is 2.18 bits per heavy atom. The number of carbonyl (C=O) groups is 1. The van der Waals surface area contributed by atoms with Crippen molar-refractivity contribution in [3.05, 3.63) is 24.0 Å². The summed E-state index contributed by atoms with van der Waals surface area (Å²) in [6.07, 6.45) is 6.65. The van der Waals surface area contributed by atoms with Crippen LogP contribution in [0.4, 0.5) is 0 Å². The van der Waals surface area contributed by atoms with Crippen molar-refractivity contribution in [1.82, 2.24) is 9.47 Å². The van der Waals surface area contributed by atoms with Crippen molar-refractivity contribution in [2.75, 3.05) is 13.1 Å². The van der Waals surface area contributed by atoms with Gasteiger partial charge in [0.25, 0.3) is 5.91 Å². The Morgan fingerprint density at radius 3 is 2.76 bits per heavy atom. The Bertz CT molecular complexity index is 422. The van der Waals surface area contributed by atoms with Crippen LogP contribution in [0.2, 0.25) is 0 Å². The summed E-state index contributed by atoms with van der Waals surface area (Å²) in [5.41, 5.74) is 6.69. The summed E-state index contributed by atoms with van der Waals surface area (Å²) in [5, 5.41) is 0. The van der Waals surface area contributed by atoms with E-state index in [0.29, 0.717) is 12.6 Å². The zero-order valence-corrected chi connectivity index (χ0v) is 10.0. The summed E-state index contributed by atoms with van der Waals surface area (Å²) in [6.45, 7) is 1.50. The van der Waals surface area contributed by atoms with Crippen molar-refractivity contribution >= 4 is 5.91 Å². The van der Waals surface area contributed by atoms with Crippen LogP contribution in [0.15, 0.2) is 18.3 Å². The predicted molar refractivity (Wildman–Crippen MR) is 65.8 cm³/mol. The molecule has 4 heteroatoms. The third-order valence-corrected chi connectivity index (χ3v) is 3.98. The Kier molecular flexibility index (Phi) is 2.67. The van der Waals surface area contributed by atoms with Gasteiger partial charge in [0.2, 0.25) is 0 Å². The molecule has 1 amide bonds. The molecule has 1 unspecified atom stereocenters. The van der Waals surface area contributed by atoms with E-state index in [-0.39, 0.29) is 11.9 Å². The first kappa shape index (κ1) is 10.8. The summed E-state index contributed by atoms with van der Waals surface area (Å²) in [7, 11) is 0. The number of rotatable bonds is 2. The summed E-state index contributed by atoms with van der Waals surface area (Å²) >= 11 is 0. The third kappa shape index (κ3) is 1.86. The fraction of sp³-hybridized carbons (Fsp3) is 0.615. The van der Waals surface area contributed by atoms with E-state index in [4.69, 9.17) is 5.73 Å². The van der Waals surface area contributed by atoms with Crippen molar-refractivity contribution in [1.29, 1.82) is 0 Å². The van der Waals surface area contributed by atoms with Crippen LogP contribution in [-0.2, 0) is 0 Å². The zero-order valence-electron chi connectivity index (χ0n) is 10.0. The predicted octanol–water partition coefficient (Wildman–Crippen LogP) is 1.39. The van der Waals surface area contributed by atoms with E-state index in [1.807, 2.05) is 23.2 Å². The molecule has 17 heavy (non-hydrogen) atoms. The lowest BCUT2D eigenvalue weighted by molar-refractivity contribution is 0.0774. The molecular weight excluding hydrogens is 214 g/mol. The van der Waals surface area contributed by atoms with Gasteiger partial charge in [-0.15, -0.1) is 0 Å². The molecule has 2 heterocycles. The van der Waals surface area contributed by atoms with Crippen molar-refractivity contribution in [2.24, 2.45) is 5.73 Å². The molecule has 0 spiro atoms. The summed E-state index contributed by atoms with van der Waals surface area (Å²) in [4.78, 5) is 14.3. The van der Waals surface area contributed by atoms with Crippen LogP contribution in [0.3, 0.4) is 0 Å². The molecule has 1 aromatic heterocycles. The monoisotopic (exact) mass is 233 g/mol. The molecule has 1 aliphatic carbocycles. The maximum atomic E-state index is 12.4. The number of hydrogen-bond acceptors (Lipinski definition) is 2. The van der Waals surface area contributed by atoms with E-state index < -0.39 is 0 Å². The first-order chi connectivity index (χ1) is 8.25. The minimum atomic E-state index is 0.148. The molecular formula is C13H19N3O. The quantitative estimate of drug-likeness (QED) is 0.839. The maximum Gasteiger partial charge on any atom is 0.270 e. The summed E-state index contributed by atoms with van der Waals surface area (Å²) in [6, 6.07) is 4.61. The Hall–Kier alpha value is -1.29. The van der Waals surface area contributed by atoms with Crippen LogP contribution in [-0.4, -0.2) is 34.5 Å². The first-order valence-corrected chi connectivity index (χ1v) is 6.47. The van der Waals surface area contributed by atoms with Crippen LogP contribution < -0.4 is 5.73 Å². The molecule has 2 aliphatic rings. The van der Waals surface area contributed by atoms with E-state index in [0.717, 1.165) is 18.7 Å². The largest absolute Gasteiger partial charge is 0.340 e. The molecule has 4 nitrogen and oxygen atoms in total. The van der Waals surface area contributed by atoms with Crippen molar-refractivity contribution in [3.63, 3.8) is 0 Å². The fourth-order valence-corrected chi connectivity index (χ4v) is 2.69. The number of amides is 1. The lowest BCUT2D eigenvalue weighted by atomic mass is 9.93. The van der Waals surface area contributed by atoms with E-state index in [2.05, 4.69) is 4.57 Å². The van der Waals surface area contributed by atoms with E-state index in [1.165, 1.54) is 19.3 Å². The summed E-state index contributed by atoms with van der Waals surface area (Å²) in [5.74, 6) is 0.148. The van der Waals surface area contributed by atoms with Crippen LogP contribution in [0.5, 0.6) is 0 Å². The Labute approximate surface area is 101 Å². The fourth-order valence-electron chi connectivity index (χ4n) is 2.69. The Morgan fingerprint density at radius 1 is 1.35 bits per heavy atom. The van der Waals surface area contributed by atoms with Gasteiger partial charge in [-0.05, 0) is 37.8 Å². The molecule has 1 aromatic rings. The number of nitrogens with two attached hydrogens (primary N) is 1. The molecule has 2 N–H and O–H groups in total. The zero-order chi connectivity index (χ0) is 11.8. The van der Waals surface area contributed by atoms with E-state index in [1.54, 1.807) is 0 Å². The van der Waals surface area contributed by atoms with Crippen LogP contribution in [0.1, 0.15) is 42.2 Å². The highest BCUT2D eigenvalue weighted by Crippen LogP contribution is 2.33. The third-order valence-electron chi connectivity index (χ3n) is 3.98. The minimum Gasteiger partial charge on any atom is -0.340 e. The standard InChI is InChI=1S/C13H19N3O/c14-10-6-8-15(9-10)13(17)12-5-2-7-16(12)11-3-1-4-11/h2,5,7,10-11H,1,3-4,6,8-9,14H2. The highest BCUT2D eigenvalue weighted by atomic mass is 16.2. The first-order valence-electron chi connectivity index (χ1n) is 6.47. The average Bonchev–Trinajstić information content (AvgIpc) is 2.84. The maximum absolute atomic E-state index is 12.4. The van der Waals surface area contributed by atoms with Gasteiger partial charge >= 0.3 is 0 Å². The lowest BCUT2D eigenvalue weighted by Gasteiger charge is -2.29. The second-order valence-corrected chi connectivity index (χ2v) is 5.19. The number of hydrogen-bond donors (Lipinski definition) is 1. The van der Waals surface area contributed by atoms with Crippen molar-refractivity contribution in [2.45, 2.75) is 37.8 Å². The summed E-state index contributed by atoms with van der Waals surface area (Å²) < 4.78 is 2.15. The van der Waals surface area contributed by atoms with Gasteiger partial charge in [0, 0.05) is 31.4 Å². The highest BCUT2D eigenvalue weighted by molar-refractivity contribution is 5.93. The second kappa shape index (κ2) is 4.18. The van der Waals surface area contributed by atoms with Gasteiger partial charge < -0.3 is 15.2 Å². The van der Waals surface area contributed by atoms with Crippen LogP contribution in [0, 0.1) is 0 Å². The van der Waals surface area contributed by atoms with E-state index in [9.17, 15) is 4.79 Å². The normalized spacial score (nSPS) is 25.0. The average molecular weight is 233 g/mol. The van der Waals surface area contributed by atoms with Gasteiger partial charge in [0.1, 0.15) is 5.69 Å². The smallest absolute Gasteiger partial charge is 0.270 e. The molecule has 2 fully saturated rings. The lowest BCUT2D eigenvalue weighted by Crippen LogP contribution is -2.34. The topological polar surface area (TPSA) is 51.3 Å². The number of aromatic nitrogens is 1. The van der Waals surface area contributed by atoms with Gasteiger partial charge in [-0.1, -0.05) is 0 Å². The van der Waals surface area contributed by atoms with Gasteiger partial charge in [-0.3, -0.25) is 4.79 Å². The molecule has 92 valence electrons. The second-order valence-electron chi connectivity index (χ2n) is 5.19. The number of likely N-dealkylation sites (tertiary alicyclic amines) is 1. The number of carbonyl (C=O) groups excluding carboxylic acids is 1. The molecule has 3 rings (SSSR count).